The van der Waals surface area contributed by atoms with E-state index >= 15 is 0 Å². The molecule has 0 N–H and O–H groups in total. The van der Waals surface area contributed by atoms with Crippen LogP contribution in [0.1, 0.15) is 6.92 Å². The smallest absolute Gasteiger partial charge is 0.262 e. The van der Waals surface area contributed by atoms with Crippen LogP contribution in [0.25, 0.3) is 27.4 Å². The van der Waals surface area contributed by atoms with Crippen molar-refractivity contribution >= 4 is 28.0 Å². The first kappa shape index (κ1) is 12.3. The number of benzene rings is 1. The molecule has 104 valence electrons. The van der Waals surface area contributed by atoms with Crippen molar-refractivity contribution in [2.45, 2.75) is 13.5 Å². The summed E-state index contributed by atoms with van der Waals surface area (Å²) in [4.78, 5) is 13.6. The molecular weight excluding hydrogens is 284 g/mol. The summed E-state index contributed by atoms with van der Waals surface area (Å²) in [5, 5.41) is 11.2. The van der Waals surface area contributed by atoms with Gasteiger partial charge in [-0.15, -0.1) is 21.5 Å². The zero-order valence-electron chi connectivity index (χ0n) is 11.4. The largest absolute Gasteiger partial charge is 0.277 e. The monoisotopic (exact) mass is 296 g/mol. The van der Waals surface area contributed by atoms with E-state index in [1.54, 1.807) is 15.9 Å². The van der Waals surface area contributed by atoms with Crippen molar-refractivity contribution in [1.82, 2.24) is 19.2 Å². The molecule has 0 aliphatic carbocycles. The number of aromatic nitrogens is 4. The van der Waals surface area contributed by atoms with Crippen LogP contribution in [0, 0.1) is 0 Å². The van der Waals surface area contributed by atoms with Gasteiger partial charge in [0, 0.05) is 6.54 Å². The Bertz CT molecular complexity index is 998. The van der Waals surface area contributed by atoms with Crippen LogP contribution in [0.4, 0.5) is 0 Å². The van der Waals surface area contributed by atoms with Crippen LogP contribution in [0.3, 0.4) is 0 Å². The molecule has 0 aliphatic heterocycles. The zero-order chi connectivity index (χ0) is 14.4. The molecule has 3 heterocycles. The lowest BCUT2D eigenvalue weighted by atomic mass is 10.2. The molecule has 6 heteroatoms. The second-order valence-electron chi connectivity index (χ2n) is 4.70. The fourth-order valence-corrected chi connectivity index (χ4v) is 3.31. The van der Waals surface area contributed by atoms with Gasteiger partial charge in [0.15, 0.2) is 5.82 Å². The molecule has 21 heavy (non-hydrogen) atoms. The Morgan fingerprint density at radius 2 is 2.00 bits per heavy atom. The first-order valence-corrected chi connectivity index (χ1v) is 7.59. The number of fused-ring (bicyclic) bond motifs is 3. The van der Waals surface area contributed by atoms with Crippen molar-refractivity contribution in [1.29, 1.82) is 0 Å². The third-order valence-corrected chi connectivity index (χ3v) is 4.43. The maximum atomic E-state index is 12.6. The molecular formula is C15H12N4OS. The van der Waals surface area contributed by atoms with Crippen LogP contribution in [-0.4, -0.2) is 19.2 Å². The summed E-state index contributed by atoms with van der Waals surface area (Å²) in [6.07, 6.45) is 0. The number of aryl methyl sites for hydroxylation is 1. The van der Waals surface area contributed by atoms with E-state index in [4.69, 9.17) is 0 Å². The molecule has 4 aromatic rings. The Morgan fingerprint density at radius 3 is 2.76 bits per heavy atom. The van der Waals surface area contributed by atoms with Gasteiger partial charge in [-0.1, -0.05) is 18.2 Å². The van der Waals surface area contributed by atoms with Gasteiger partial charge in [-0.2, -0.15) is 0 Å². The lowest BCUT2D eigenvalue weighted by Gasteiger charge is -2.08. The lowest BCUT2D eigenvalue weighted by molar-refractivity contribution is 0.736. The number of rotatable bonds is 2. The minimum atomic E-state index is -0.0225. The van der Waals surface area contributed by atoms with Crippen molar-refractivity contribution < 1.29 is 0 Å². The van der Waals surface area contributed by atoms with Gasteiger partial charge in [-0.3, -0.25) is 13.8 Å². The molecule has 5 nitrogen and oxygen atoms in total. The van der Waals surface area contributed by atoms with E-state index in [0.29, 0.717) is 17.7 Å². The van der Waals surface area contributed by atoms with Gasteiger partial charge >= 0.3 is 0 Å². The number of thiophene rings is 1. The molecule has 0 saturated heterocycles. The van der Waals surface area contributed by atoms with Crippen molar-refractivity contribution in [2.75, 3.05) is 0 Å². The molecule has 0 aliphatic rings. The normalized spacial score (nSPS) is 11.5. The van der Waals surface area contributed by atoms with Crippen LogP contribution in [0.15, 0.2) is 46.6 Å². The van der Waals surface area contributed by atoms with Gasteiger partial charge in [0.25, 0.3) is 5.56 Å². The van der Waals surface area contributed by atoms with Crippen molar-refractivity contribution in [3.05, 3.63) is 52.1 Å². The van der Waals surface area contributed by atoms with Crippen molar-refractivity contribution in [2.24, 2.45) is 0 Å². The number of hydrogen-bond acceptors (Lipinski definition) is 4. The Labute approximate surface area is 124 Å². The number of para-hydroxylation sites is 1. The van der Waals surface area contributed by atoms with E-state index in [1.807, 2.05) is 53.1 Å². The van der Waals surface area contributed by atoms with Gasteiger partial charge in [0.1, 0.15) is 0 Å². The Kier molecular flexibility index (Phi) is 2.65. The lowest BCUT2D eigenvalue weighted by Crippen LogP contribution is -2.22. The van der Waals surface area contributed by atoms with Gasteiger partial charge in [-0.05, 0) is 30.5 Å². The second-order valence-corrected chi connectivity index (χ2v) is 5.65. The summed E-state index contributed by atoms with van der Waals surface area (Å²) in [5.41, 5.74) is 0.821. The molecule has 0 spiro atoms. The molecule has 1 aromatic carbocycles. The van der Waals surface area contributed by atoms with Crippen LogP contribution in [0.5, 0.6) is 0 Å². The van der Waals surface area contributed by atoms with Crippen molar-refractivity contribution in [3.8, 4) is 10.7 Å². The first-order chi connectivity index (χ1) is 10.3. The average Bonchev–Trinajstić information content (AvgIpc) is 3.17. The fraction of sp³-hybridized carbons (Fsp3) is 0.133. The van der Waals surface area contributed by atoms with E-state index in [2.05, 4.69) is 10.2 Å². The highest BCUT2D eigenvalue weighted by Crippen LogP contribution is 2.25. The highest BCUT2D eigenvalue weighted by Gasteiger charge is 2.16. The minimum absolute atomic E-state index is 0.0225. The highest BCUT2D eigenvalue weighted by atomic mass is 32.1. The predicted octanol–water partition coefficient (Wildman–Crippen LogP) is 2.79. The molecule has 4 rings (SSSR count). The zero-order valence-corrected chi connectivity index (χ0v) is 12.2. The summed E-state index contributed by atoms with van der Waals surface area (Å²) in [7, 11) is 0. The third kappa shape index (κ3) is 1.66. The van der Waals surface area contributed by atoms with Crippen LogP contribution in [0.2, 0.25) is 0 Å². The third-order valence-electron chi connectivity index (χ3n) is 3.57. The molecule has 0 bridgehead atoms. The van der Waals surface area contributed by atoms with Gasteiger partial charge in [0.2, 0.25) is 5.78 Å². The molecule has 3 aromatic heterocycles. The van der Waals surface area contributed by atoms with Crippen LogP contribution in [-0.2, 0) is 6.54 Å². The Morgan fingerprint density at radius 1 is 1.14 bits per heavy atom. The number of nitrogens with zero attached hydrogens (tertiary/aromatic N) is 4. The molecule has 0 amide bonds. The van der Waals surface area contributed by atoms with Crippen LogP contribution >= 0.6 is 11.3 Å². The number of hydrogen-bond donors (Lipinski definition) is 0. The van der Waals surface area contributed by atoms with E-state index in [-0.39, 0.29) is 5.56 Å². The summed E-state index contributed by atoms with van der Waals surface area (Å²) in [6.45, 7) is 2.51. The standard InChI is InChI=1S/C15H12N4OS/c1-2-18-14(20)10-6-3-4-7-11(10)19-13(16-17-15(18)19)12-8-5-9-21-12/h3-9H,2H2,1H3. The highest BCUT2D eigenvalue weighted by molar-refractivity contribution is 7.13. The molecule has 0 fully saturated rings. The summed E-state index contributed by atoms with van der Waals surface area (Å²) >= 11 is 1.61. The topological polar surface area (TPSA) is 52.2 Å². The Balaban J connectivity index is 2.27. The molecule has 0 radical (unpaired) electrons. The van der Waals surface area contributed by atoms with E-state index in [0.717, 1.165) is 16.2 Å². The van der Waals surface area contributed by atoms with Gasteiger partial charge < -0.3 is 0 Å². The second kappa shape index (κ2) is 4.53. The summed E-state index contributed by atoms with van der Waals surface area (Å²) in [6, 6.07) is 11.6. The van der Waals surface area contributed by atoms with E-state index in [9.17, 15) is 4.79 Å². The maximum Gasteiger partial charge on any atom is 0.262 e. The Hall–Kier alpha value is -2.47. The predicted molar refractivity (Wildman–Crippen MR) is 83.7 cm³/mol. The first-order valence-electron chi connectivity index (χ1n) is 6.72. The minimum Gasteiger partial charge on any atom is -0.277 e. The van der Waals surface area contributed by atoms with Gasteiger partial charge in [0.05, 0.1) is 15.8 Å². The molecule has 0 unspecified atom stereocenters. The summed E-state index contributed by atoms with van der Waals surface area (Å²) < 4.78 is 3.62. The van der Waals surface area contributed by atoms with E-state index < -0.39 is 0 Å². The fourth-order valence-electron chi connectivity index (χ4n) is 2.61. The average molecular weight is 296 g/mol. The summed E-state index contributed by atoms with van der Waals surface area (Å²) in [5.74, 6) is 1.36. The maximum absolute atomic E-state index is 12.6. The quantitative estimate of drug-likeness (QED) is 0.571. The van der Waals surface area contributed by atoms with Crippen molar-refractivity contribution in [3.63, 3.8) is 0 Å². The van der Waals surface area contributed by atoms with E-state index in [1.165, 1.54) is 0 Å². The SMILES string of the molecule is CCn1c(=O)c2ccccc2n2c(-c3cccs3)nnc12. The molecule has 0 saturated carbocycles. The molecule has 0 atom stereocenters. The van der Waals surface area contributed by atoms with Crippen LogP contribution < -0.4 is 5.56 Å². The van der Waals surface area contributed by atoms with Gasteiger partial charge in [-0.25, -0.2) is 0 Å².